The van der Waals surface area contributed by atoms with Crippen molar-refractivity contribution in [1.29, 1.82) is 5.26 Å². The van der Waals surface area contributed by atoms with Crippen molar-refractivity contribution in [2.75, 3.05) is 11.5 Å². The van der Waals surface area contributed by atoms with Gasteiger partial charge in [0.15, 0.2) is 6.61 Å². The van der Waals surface area contributed by atoms with Crippen molar-refractivity contribution in [2.45, 2.75) is 13.8 Å². The van der Waals surface area contributed by atoms with Crippen molar-refractivity contribution >= 4 is 29.6 Å². The van der Waals surface area contributed by atoms with Gasteiger partial charge in [0.05, 0.1) is 5.69 Å². The number of imide groups is 2. The van der Waals surface area contributed by atoms with E-state index in [2.05, 4.69) is 5.32 Å². The molecule has 0 bridgehead atoms. The van der Waals surface area contributed by atoms with Gasteiger partial charge < -0.3 is 4.74 Å². The second-order valence-corrected chi connectivity index (χ2v) is 6.32. The number of ether oxygens (including phenoxy) is 1. The molecule has 7 heteroatoms. The molecule has 1 saturated heterocycles. The molecule has 0 radical (unpaired) electrons. The van der Waals surface area contributed by atoms with E-state index < -0.39 is 17.8 Å². The third-order valence-electron chi connectivity index (χ3n) is 4.06. The van der Waals surface area contributed by atoms with E-state index in [0.717, 1.165) is 16.0 Å². The Morgan fingerprint density at radius 1 is 1.07 bits per heavy atom. The number of nitrogens with one attached hydrogen (secondary N) is 1. The SMILES string of the molecule is Cc1cc(C)cc(N2C(=O)NC(=O)/C(=C/c3ccc(OCC#N)cc3)C2=O)c1. The van der Waals surface area contributed by atoms with Crippen molar-refractivity contribution in [3.05, 3.63) is 64.7 Å². The van der Waals surface area contributed by atoms with Crippen LogP contribution in [0.15, 0.2) is 48.0 Å². The molecule has 2 aromatic rings. The molecule has 1 heterocycles. The van der Waals surface area contributed by atoms with Gasteiger partial charge in [0, 0.05) is 0 Å². The summed E-state index contributed by atoms with van der Waals surface area (Å²) in [6.45, 7) is 3.65. The summed E-state index contributed by atoms with van der Waals surface area (Å²) in [7, 11) is 0. The maximum atomic E-state index is 12.9. The van der Waals surface area contributed by atoms with E-state index >= 15 is 0 Å². The van der Waals surface area contributed by atoms with Crippen LogP contribution in [0.4, 0.5) is 10.5 Å². The number of rotatable bonds is 4. The Balaban J connectivity index is 1.93. The van der Waals surface area contributed by atoms with Crippen LogP contribution in [-0.2, 0) is 9.59 Å². The fourth-order valence-corrected chi connectivity index (χ4v) is 2.91. The number of barbiturate groups is 1. The minimum Gasteiger partial charge on any atom is -0.479 e. The summed E-state index contributed by atoms with van der Waals surface area (Å²) < 4.78 is 5.17. The van der Waals surface area contributed by atoms with Crippen LogP contribution in [0, 0.1) is 25.2 Å². The van der Waals surface area contributed by atoms with Crippen molar-refractivity contribution in [3.63, 3.8) is 0 Å². The second-order valence-electron chi connectivity index (χ2n) is 6.32. The molecule has 140 valence electrons. The van der Waals surface area contributed by atoms with E-state index in [-0.39, 0.29) is 12.2 Å². The number of carbonyl (C=O) groups excluding carboxylic acids is 3. The lowest BCUT2D eigenvalue weighted by atomic mass is 10.1. The Labute approximate surface area is 161 Å². The Hall–Kier alpha value is -3.92. The van der Waals surface area contributed by atoms with Crippen LogP contribution in [0.3, 0.4) is 0 Å². The molecule has 0 unspecified atom stereocenters. The highest BCUT2D eigenvalue weighted by molar-refractivity contribution is 6.39. The number of anilines is 1. The first-order valence-electron chi connectivity index (χ1n) is 8.48. The fourth-order valence-electron chi connectivity index (χ4n) is 2.91. The van der Waals surface area contributed by atoms with Gasteiger partial charge in [-0.05, 0) is 60.9 Å². The summed E-state index contributed by atoms with van der Waals surface area (Å²) in [5.41, 5.74) is 2.62. The van der Waals surface area contributed by atoms with Crippen LogP contribution in [-0.4, -0.2) is 24.5 Å². The highest BCUT2D eigenvalue weighted by Gasteiger charge is 2.36. The van der Waals surface area contributed by atoms with Gasteiger partial charge in [-0.15, -0.1) is 0 Å². The molecule has 0 atom stereocenters. The molecule has 3 rings (SSSR count). The van der Waals surface area contributed by atoms with Crippen molar-refractivity contribution in [2.24, 2.45) is 0 Å². The molecule has 1 N–H and O–H groups in total. The zero-order chi connectivity index (χ0) is 20.3. The quantitative estimate of drug-likeness (QED) is 0.654. The van der Waals surface area contributed by atoms with Crippen molar-refractivity contribution in [1.82, 2.24) is 5.32 Å². The first-order valence-corrected chi connectivity index (χ1v) is 8.48. The summed E-state index contributed by atoms with van der Waals surface area (Å²) in [4.78, 5) is 38.4. The predicted molar refractivity (Wildman–Crippen MR) is 102 cm³/mol. The number of benzene rings is 2. The van der Waals surface area contributed by atoms with E-state index in [1.54, 1.807) is 36.4 Å². The molecular formula is C21H17N3O4. The maximum absolute atomic E-state index is 12.9. The number of nitrogens with zero attached hydrogens (tertiary/aromatic N) is 2. The molecule has 0 aromatic heterocycles. The maximum Gasteiger partial charge on any atom is 0.335 e. The lowest BCUT2D eigenvalue weighted by Crippen LogP contribution is -2.54. The van der Waals surface area contributed by atoms with Gasteiger partial charge in [0.1, 0.15) is 17.4 Å². The van der Waals surface area contributed by atoms with Gasteiger partial charge in [-0.1, -0.05) is 18.2 Å². The van der Waals surface area contributed by atoms with E-state index in [4.69, 9.17) is 10.00 Å². The summed E-state index contributed by atoms with van der Waals surface area (Å²) >= 11 is 0. The van der Waals surface area contributed by atoms with Gasteiger partial charge in [-0.25, -0.2) is 9.69 Å². The lowest BCUT2D eigenvalue weighted by Gasteiger charge is -2.27. The normalized spacial score (nSPS) is 15.4. The molecule has 0 saturated carbocycles. The van der Waals surface area contributed by atoms with Crippen LogP contribution in [0.1, 0.15) is 16.7 Å². The summed E-state index contributed by atoms with van der Waals surface area (Å²) in [5, 5.41) is 10.7. The molecule has 28 heavy (non-hydrogen) atoms. The number of hydrogen-bond donors (Lipinski definition) is 1. The van der Waals surface area contributed by atoms with Crippen LogP contribution >= 0.6 is 0 Å². The molecule has 1 aliphatic rings. The number of aryl methyl sites for hydroxylation is 2. The van der Waals surface area contributed by atoms with Gasteiger partial charge in [-0.2, -0.15) is 5.26 Å². The van der Waals surface area contributed by atoms with Crippen LogP contribution in [0.5, 0.6) is 5.75 Å². The number of amides is 4. The Morgan fingerprint density at radius 3 is 2.32 bits per heavy atom. The number of urea groups is 1. The lowest BCUT2D eigenvalue weighted by molar-refractivity contribution is -0.122. The molecule has 1 aliphatic heterocycles. The first kappa shape index (κ1) is 18.9. The number of carbonyl (C=O) groups is 3. The smallest absolute Gasteiger partial charge is 0.335 e. The Morgan fingerprint density at radius 2 is 1.71 bits per heavy atom. The minimum absolute atomic E-state index is 0.0751. The third kappa shape index (κ3) is 3.91. The van der Waals surface area contributed by atoms with E-state index in [1.165, 1.54) is 6.08 Å². The largest absolute Gasteiger partial charge is 0.479 e. The minimum atomic E-state index is -0.780. The van der Waals surface area contributed by atoms with Gasteiger partial charge in [0.2, 0.25) is 0 Å². The highest BCUT2D eigenvalue weighted by atomic mass is 16.5. The molecule has 2 aromatic carbocycles. The zero-order valence-corrected chi connectivity index (χ0v) is 15.4. The number of hydrogen-bond acceptors (Lipinski definition) is 5. The van der Waals surface area contributed by atoms with Crippen molar-refractivity contribution < 1.29 is 19.1 Å². The summed E-state index contributed by atoms with van der Waals surface area (Å²) in [6.07, 6.45) is 1.41. The Bertz CT molecular complexity index is 1010. The zero-order valence-electron chi connectivity index (χ0n) is 15.4. The van der Waals surface area contributed by atoms with Crippen LogP contribution in [0.25, 0.3) is 6.08 Å². The molecular weight excluding hydrogens is 358 g/mol. The van der Waals surface area contributed by atoms with Crippen LogP contribution in [0.2, 0.25) is 0 Å². The standard InChI is InChI=1S/C21H17N3O4/c1-13-9-14(2)11-16(10-13)24-20(26)18(19(25)23-21(24)27)12-15-3-5-17(6-4-15)28-8-7-22/h3-6,9-12H,8H2,1-2H3,(H,23,25,27)/b18-12-. The molecule has 7 nitrogen and oxygen atoms in total. The van der Waals surface area contributed by atoms with Gasteiger partial charge >= 0.3 is 6.03 Å². The van der Waals surface area contributed by atoms with E-state index in [0.29, 0.717) is 17.0 Å². The van der Waals surface area contributed by atoms with Gasteiger partial charge in [-0.3, -0.25) is 14.9 Å². The molecule has 4 amide bonds. The predicted octanol–water partition coefficient (Wildman–Crippen LogP) is 2.87. The third-order valence-corrected chi connectivity index (χ3v) is 4.06. The molecule has 0 aliphatic carbocycles. The first-order chi connectivity index (χ1) is 13.4. The summed E-state index contributed by atoms with van der Waals surface area (Å²) in [5.74, 6) is -0.945. The van der Waals surface area contributed by atoms with Crippen molar-refractivity contribution in [3.8, 4) is 11.8 Å². The second kappa shape index (κ2) is 7.76. The average molecular weight is 375 g/mol. The topological polar surface area (TPSA) is 99.5 Å². The van der Waals surface area contributed by atoms with Crippen LogP contribution < -0.4 is 15.0 Å². The molecule has 0 spiro atoms. The fraction of sp³-hybridized carbons (Fsp3) is 0.143. The van der Waals surface area contributed by atoms with E-state index in [9.17, 15) is 14.4 Å². The summed E-state index contributed by atoms with van der Waals surface area (Å²) in [6, 6.07) is 13.0. The number of nitriles is 1. The molecule has 1 fully saturated rings. The highest BCUT2D eigenvalue weighted by Crippen LogP contribution is 2.24. The average Bonchev–Trinajstić information content (AvgIpc) is 2.63. The Kier molecular flexibility index (Phi) is 5.23. The monoisotopic (exact) mass is 375 g/mol. The van der Waals surface area contributed by atoms with Gasteiger partial charge in [0.25, 0.3) is 11.8 Å². The van der Waals surface area contributed by atoms with E-state index in [1.807, 2.05) is 26.0 Å².